The van der Waals surface area contributed by atoms with Crippen molar-refractivity contribution in [2.45, 2.75) is 34.2 Å². The van der Waals surface area contributed by atoms with Gasteiger partial charge in [0.2, 0.25) is 10.0 Å². The van der Waals surface area contributed by atoms with Gasteiger partial charge in [-0.25, -0.2) is 21.2 Å². The number of alkyl halides is 3. The van der Waals surface area contributed by atoms with E-state index < -0.39 is 41.0 Å². The van der Waals surface area contributed by atoms with Crippen molar-refractivity contribution >= 4 is 19.9 Å². The first-order chi connectivity index (χ1) is 11.8. The third-order valence-corrected chi connectivity index (χ3v) is 7.68. The summed E-state index contributed by atoms with van der Waals surface area (Å²) in [7, 11) is -6.54. The number of piperidine rings is 1. The molecule has 12 heteroatoms. The lowest BCUT2D eigenvalue weighted by molar-refractivity contribution is -0.0437. The second-order valence-electron chi connectivity index (χ2n) is 6.14. The Hall–Kier alpha value is -1.24. The molecular formula is C14H18F4N2O4S2. The van der Waals surface area contributed by atoms with Crippen molar-refractivity contribution < 1.29 is 34.4 Å². The number of benzene rings is 1. The molecule has 0 amide bonds. The molecule has 26 heavy (non-hydrogen) atoms. The van der Waals surface area contributed by atoms with E-state index in [2.05, 4.69) is 0 Å². The molecule has 2 rings (SSSR count). The minimum absolute atomic E-state index is 0.129. The van der Waals surface area contributed by atoms with Crippen molar-refractivity contribution in [2.75, 3.05) is 27.2 Å². The van der Waals surface area contributed by atoms with Crippen LogP contribution in [0, 0.1) is 5.82 Å². The summed E-state index contributed by atoms with van der Waals surface area (Å²) in [5, 5.41) is 0. The van der Waals surface area contributed by atoms with Gasteiger partial charge in [0.25, 0.3) is 9.84 Å². The van der Waals surface area contributed by atoms with Crippen LogP contribution in [0.25, 0.3) is 0 Å². The highest BCUT2D eigenvalue weighted by molar-refractivity contribution is 7.92. The minimum atomic E-state index is -6.01. The van der Waals surface area contributed by atoms with Crippen molar-refractivity contribution in [2.24, 2.45) is 0 Å². The molecule has 0 spiro atoms. The van der Waals surface area contributed by atoms with Crippen LogP contribution in [0.1, 0.15) is 12.8 Å². The second kappa shape index (κ2) is 7.06. The van der Waals surface area contributed by atoms with E-state index >= 15 is 0 Å². The molecule has 6 nitrogen and oxygen atoms in total. The zero-order valence-electron chi connectivity index (χ0n) is 14.0. The Morgan fingerprint density at radius 2 is 1.62 bits per heavy atom. The molecule has 0 N–H and O–H groups in total. The Balaban J connectivity index is 2.39. The van der Waals surface area contributed by atoms with Gasteiger partial charge in [-0.15, -0.1) is 0 Å². The molecule has 148 valence electrons. The van der Waals surface area contributed by atoms with Crippen LogP contribution in [0.15, 0.2) is 28.0 Å². The summed E-state index contributed by atoms with van der Waals surface area (Å²) in [6.07, 6.45) is 1.03. The topological polar surface area (TPSA) is 74.8 Å². The minimum Gasteiger partial charge on any atom is -0.306 e. The number of hydrogen-bond acceptors (Lipinski definition) is 5. The molecular weight excluding hydrogens is 400 g/mol. The zero-order valence-corrected chi connectivity index (χ0v) is 15.6. The normalized spacial score (nSPS) is 18.4. The first-order valence-corrected chi connectivity index (χ1v) is 10.5. The highest BCUT2D eigenvalue weighted by Crippen LogP contribution is 2.33. The maximum Gasteiger partial charge on any atom is 0.502 e. The number of halogens is 4. The molecule has 0 saturated carbocycles. The highest BCUT2D eigenvalue weighted by Gasteiger charge is 2.48. The molecule has 0 aliphatic carbocycles. The van der Waals surface area contributed by atoms with Gasteiger partial charge in [-0.2, -0.15) is 17.5 Å². The molecule has 1 heterocycles. The number of hydrogen-bond donors (Lipinski definition) is 0. The van der Waals surface area contributed by atoms with E-state index in [0.29, 0.717) is 18.9 Å². The monoisotopic (exact) mass is 418 g/mol. The highest BCUT2D eigenvalue weighted by atomic mass is 32.2. The van der Waals surface area contributed by atoms with Crippen molar-refractivity contribution in [3.05, 3.63) is 24.0 Å². The summed E-state index contributed by atoms with van der Waals surface area (Å²) in [6.45, 7) is 0.258. The van der Waals surface area contributed by atoms with Crippen molar-refractivity contribution in [1.29, 1.82) is 0 Å². The van der Waals surface area contributed by atoms with E-state index in [1.54, 1.807) is 0 Å². The van der Waals surface area contributed by atoms with Crippen LogP contribution < -0.4 is 0 Å². The van der Waals surface area contributed by atoms with Crippen molar-refractivity contribution in [1.82, 2.24) is 9.21 Å². The summed E-state index contributed by atoms with van der Waals surface area (Å²) in [4.78, 5) is -0.449. The number of rotatable bonds is 4. The van der Waals surface area contributed by atoms with Gasteiger partial charge in [-0.3, -0.25) is 0 Å². The fraction of sp³-hybridized carbons (Fsp3) is 0.571. The van der Waals surface area contributed by atoms with Gasteiger partial charge in [-0.05, 0) is 45.1 Å². The summed E-state index contributed by atoms with van der Waals surface area (Å²) in [6, 6.07) is 1.57. The average Bonchev–Trinajstić information content (AvgIpc) is 2.53. The summed E-state index contributed by atoms with van der Waals surface area (Å²) >= 11 is 0. The number of nitrogens with zero attached hydrogens (tertiary/aromatic N) is 2. The van der Waals surface area contributed by atoms with Crippen molar-refractivity contribution in [3.63, 3.8) is 0 Å². The molecule has 1 aliphatic rings. The summed E-state index contributed by atoms with van der Waals surface area (Å²) < 4.78 is 101. The van der Waals surface area contributed by atoms with E-state index in [1.165, 1.54) is 0 Å². The molecule has 0 unspecified atom stereocenters. The second-order valence-corrected chi connectivity index (χ2v) is 9.99. The molecule has 1 aromatic carbocycles. The Morgan fingerprint density at radius 1 is 1.08 bits per heavy atom. The van der Waals surface area contributed by atoms with Crippen LogP contribution in [-0.4, -0.2) is 64.8 Å². The van der Waals surface area contributed by atoms with Crippen LogP contribution in [-0.2, 0) is 19.9 Å². The smallest absolute Gasteiger partial charge is 0.306 e. The summed E-state index contributed by atoms with van der Waals surface area (Å²) in [5.41, 5.74) is -5.74. The Labute approximate surface area is 149 Å². The third kappa shape index (κ3) is 3.87. The predicted molar refractivity (Wildman–Crippen MR) is 85.1 cm³/mol. The van der Waals surface area contributed by atoms with E-state index in [0.717, 1.165) is 10.4 Å². The predicted octanol–water partition coefficient (Wildman–Crippen LogP) is 1.83. The third-order valence-electron chi connectivity index (χ3n) is 4.29. The van der Waals surface area contributed by atoms with Crippen LogP contribution in [0.3, 0.4) is 0 Å². The lowest BCUT2D eigenvalue weighted by atomic mass is 10.1. The van der Waals surface area contributed by atoms with Crippen molar-refractivity contribution in [3.8, 4) is 0 Å². The molecule has 1 aromatic rings. The quantitative estimate of drug-likeness (QED) is 0.698. The standard InChI is InChI=1S/C14H18F4N2O4S2/c1-19(2)10-5-7-20(8-6-10)26(23,24)11-3-4-12(15)13(9-11)25(21,22)14(16,17)18/h3-4,9-10H,5-8H2,1-2H3. The van der Waals surface area contributed by atoms with Gasteiger partial charge in [0, 0.05) is 19.1 Å². The molecule has 1 aliphatic heterocycles. The summed E-state index contributed by atoms with van der Waals surface area (Å²) in [5.74, 6) is -1.66. The van der Waals surface area contributed by atoms with E-state index in [9.17, 15) is 34.4 Å². The zero-order chi connectivity index (χ0) is 19.9. The van der Waals surface area contributed by atoms with Crippen LogP contribution in [0.2, 0.25) is 0 Å². The van der Waals surface area contributed by atoms with Gasteiger partial charge < -0.3 is 4.90 Å². The Bertz CT molecular complexity index is 875. The Kier molecular flexibility index (Phi) is 5.72. The van der Waals surface area contributed by atoms with E-state index in [4.69, 9.17) is 0 Å². The molecule has 0 atom stereocenters. The number of sulfonamides is 1. The first-order valence-electron chi connectivity index (χ1n) is 7.56. The van der Waals surface area contributed by atoms with Gasteiger partial charge in [0.15, 0.2) is 0 Å². The molecule has 0 bridgehead atoms. The maximum atomic E-state index is 13.7. The molecule has 1 saturated heterocycles. The van der Waals surface area contributed by atoms with Gasteiger partial charge >= 0.3 is 5.51 Å². The molecule has 0 radical (unpaired) electrons. The fourth-order valence-electron chi connectivity index (χ4n) is 2.72. The average molecular weight is 418 g/mol. The first kappa shape index (κ1) is 21.1. The van der Waals surface area contributed by atoms with Crippen LogP contribution >= 0.6 is 0 Å². The molecule has 0 aromatic heterocycles. The van der Waals surface area contributed by atoms with Gasteiger partial charge in [0.1, 0.15) is 10.7 Å². The van der Waals surface area contributed by atoms with Gasteiger partial charge in [-0.1, -0.05) is 0 Å². The van der Waals surface area contributed by atoms with Gasteiger partial charge in [0.05, 0.1) is 4.90 Å². The van der Waals surface area contributed by atoms with E-state index in [1.807, 2.05) is 19.0 Å². The SMILES string of the molecule is CN(C)C1CCN(S(=O)(=O)c2ccc(F)c(S(=O)(=O)C(F)(F)F)c2)CC1. The lowest BCUT2D eigenvalue weighted by Gasteiger charge is -2.34. The fourth-order valence-corrected chi connectivity index (χ4v) is 5.15. The van der Waals surface area contributed by atoms with Crippen LogP contribution in [0.4, 0.5) is 17.6 Å². The molecule has 1 fully saturated rings. The maximum absolute atomic E-state index is 13.7. The van der Waals surface area contributed by atoms with Crippen LogP contribution in [0.5, 0.6) is 0 Å². The Morgan fingerprint density at radius 3 is 2.08 bits per heavy atom. The van der Waals surface area contributed by atoms with E-state index in [-0.39, 0.29) is 25.2 Å². The largest absolute Gasteiger partial charge is 0.502 e. The lowest BCUT2D eigenvalue weighted by Crippen LogP contribution is -2.44. The number of sulfone groups is 1.